The molecule has 0 spiro atoms. The molecule has 5 N–H and O–H groups in total. The molecule has 2 unspecified atom stereocenters. The van der Waals surface area contributed by atoms with E-state index in [4.69, 9.17) is 16.6 Å². The number of rotatable bonds is 4. The Balaban J connectivity index is 3.10. The van der Waals surface area contributed by atoms with Crippen LogP contribution in [0.5, 0.6) is 5.75 Å². The van der Waals surface area contributed by atoms with Gasteiger partial charge in [-0.1, -0.05) is 0 Å². The van der Waals surface area contributed by atoms with Crippen LogP contribution in [-0.4, -0.2) is 24.9 Å². The molecule has 0 heterocycles. The lowest BCUT2D eigenvalue weighted by molar-refractivity contribution is 0.248. The molecule has 90 valence electrons. The third-order valence-electron chi connectivity index (χ3n) is 2.30. The zero-order valence-electron chi connectivity index (χ0n) is 8.78. The molecule has 6 heteroatoms. The summed E-state index contributed by atoms with van der Waals surface area (Å²) in [6, 6.07) is 0.0101. The molecule has 0 aliphatic rings. The van der Waals surface area contributed by atoms with Crippen LogP contribution in [0.15, 0.2) is 12.1 Å². The van der Waals surface area contributed by atoms with Crippen LogP contribution in [0.25, 0.3) is 0 Å². The fourth-order valence-corrected chi connectivity index (χ4v) is 1.30. The number of methoxy groups -OCH3 is 1. The molecule has 0 aromatic heterocycles. The number of halogens is 2. The summed E-state index contributed by atoms with van der Waals surface area (Å²) in [5.41, 5.74) is 10.9. The summed E-state index contributed by atoms with van der Waals surface area (Å²) >= 11 is 0. The van der Waals surface area contributed by atoms with E-state index in [0.717, 1.165) is 12.1 Å². The lowest BCUT2D eigenvalue weighted by atomic mass is 10.0. The second-order valence-corrected chi connectivity index (χ2v) is 3.38. The van der Waals surface area contributed by atoms with Crippen LogP contribution in [0.3, 0.4) is 0 Å². The molecule has 0 bridgehead atoms. The number of hydrogen-bond donors (Lipinski definition) is 3. The normalized spacial score (nSPS) is 14.6. The van der Waals surface area contributed by atoms with Crippen LogP contribution >= 0.6 is 0 Å². The Hall–Kier alpha value is -1.24. The number of hydrogen-bond acceptors (Lipinski definition) is 4. The van der Waals surface area contributed by atoms with Crippen molar-refractivity contribution in [3.63, 3.8) is 0 Å². The maximum Gasteiger partial charge on any atom is 0.165 e. The van der Waals surface area contributed by atoms with Gasteiger partial charge in [0.25, 0.3) is 0 Å². The molecule has 4 nitrogen and oxygen atoms in total. The number of aliphatic hydroxyl groups is 1. The summed E-state index contributed by atoms with van der Waals surface area (Å²) in [5.74, 6) is -1.64. The van der Waals surface area contributed by atoms with Crippen molar-refractivity contribution in [2.45, 2.75) is 12.1 Å². The molecule has 0 saturated carbocycles. The molecule has 16 heavy (non-hydrogen) atoms. The first kappa shape index (κ1) is 12.8. The SMILES string of the molecule is COc1cc(F)c(C(N)C(N)CO)cc1F. The number of aliphatic hydroxyl groups excluding tert-OH is 1. The Morgan fingerprint density at radius 1 is 1.31 bits per heavy atom. The Kier molecular flexibility index (Phi) is 4.17. The van der Waals surface area contributed by atoms with Gasteiger partial charge in [0.05, 0.1) is 19.8 Å². The molecular weight excluding hydrogens is 218 g/mol. The lowest BCUT2D eigenvalue weighted by Crippen LogP contribution is -2.37. The largest absolute Gasteiger partial charge is 0.494 e. The molecular formula is C10H14F2N2O2. The maximum absolute atomic E-state index is 13.5. The van der Waals surface area contributed by atoms with E-state index in [1.807, 2.05) is 0 Å². The Bertz CT molecular complexity index is 374. The van der Waals surface area contributed by atoms with Gasteiger partial charge in [0.1, 0.15) is 5.82 Å². The summed E-state index contributed by atoms with van der Waals surface area (Å²) in [5, 5.41) is 8.78. The fraction of sp³-hybridized carbons (Fsp3) is 0.400. The van der Waals surface area contributed by atoms with E-state index in [9.17, 15) is 8.78 Å². The van der Waals surface area contributed by atoms with E-state index in [-0.39, 0.29) is 11.3 Å². The smallest absolute Gasteiger partial charge is 0.165 e. The van der Waals surface area contributed by atoms with Gasteiger partial charge >= 0.3 is 0 Å². The number of nitrogens with two attached hydrogens (primary N) is 2. The molecule has 0 fully saturated rings. The van der Waals surface area contributed by atoms with E-state index < -0.39 is 30.3 Å². The van der Waals surface area contributed by atoms with Crippen LogP contribution < -0.4 is 16.2 Å². The van der Waals surface area contributed by atoms with Crippen LogP contribution in [-0.2, 0) is 0 Å². The Morgan fingerprint density at radius 2 is 1.94 bits per heavy atom. The molecule has 0 aliphatic heterocycles. The highest BCUT2D eigenvalue weighted by Gasteiger charge is 2.20. The van der Waals surface area contributed by atoms with Crippen LogP contribution in [0.2, 0.25) is 0 Å². The van der Waals surface area contributed by atoms with Gasteiger partial charge in [-0.15, -0.1) is 0 Å². The van der Waals surface area contributed by atoms with Gasteiger partial charge in [-0.25, -0.2) is 8.78 Å². The van der Waals surface area contributed by atoms with Crippen molar-refractivity contribution < 1.29 is 18.6 Å². The van der Waals surface area contributed by atoms with Gasteiger partial charge in [-0.05, 0) is 6.07 Å². The van der Waals surface area contributed by atoms with Crippen molar-refractivity contribution in [1.82, 2.24) is 0 Å². The predicted molar refractivity (Wildman–Crippen MR) is 54.9 cm³/mol. The fourth-order valence-electron chi connectivity index (χ4n) is 1.30. The van der Waals surface area contributed by atoms with E-state index >= 15 is 0 Å². The van der Waals surface area contributed by atoms with E-state index in [1.54, 1.807) is 0 Å². The summed E-state index contributed by atoms with van der Waals surface area (Å²) in [6.45, 7) is -0.408. The van der Waals surface area contributed by atoms with Gasteiger partial charge in [-0.3, -0.25) is 0 Å². The first-order valence-electron chi connectivity index (χ1n) is 4.66. The minimum absolute atomic E-state index is 0.0835. The zero-order valence-corrected chi connectivity index (χ0v) is 8.78. The van der Waals surface area contributed by atoms with E-state index in [1.165, 1.54) is 7.11 Å². The van der Waals surface area contributed by atoms with Gasteiger partial charge in [0.2, 0.25) is 0 Å². The molecule has 0 saturated heterocycles. The van der Waals surface area contributed by atoms with E-state index in [0.29, 0.717) is 0 Å². The molecule has 1 aromatic rings. The standard InChI is InChI=1S/C10H14F2N2O2/c1-16-9-3-6(11)5(2-7(9)12)10(14)8(13)4-15/h2-3,8,10,15H,4,13-14H2,1H3. The first-order valence-corrected chi connectivity index (χ1v) is 4.66. The average molecular weight is 232 g/mol. The van der Waals surface area contributed by atoms with Crippen molar-refractivity contribution >= 4 is 0 Å². The third kappa shape index (κ3) is 2.46. The van der Waals surface area contributed by atoms with Crippen molar-refractivity contribution in [3.8, 4) is 5.75 Å². The van der Waals surface area contributed by atoms with Gasteiger partial charge in [0.15, 0.2) is 11.6 Å². The maximum atomic E-state index is 13.5. The minimum atomic E-state index is -0.967. The Labute approximate surface area is 91.8 Å². The summed E-state index contributed by atoms with van der Waals surface area (Å²) in [4.78, 5) is 0. The number of ether oxygens (including phenoxy) is 1. The molecule has 1 aromatic carbocycles. The average Bonchev–Trinajstić information content (AvgIpc) is 2.29. The zero-order chi connectivity index (χ0) is 12.3. The second kappa shape index (κ2) is 5.20. The van der Waals surface area contributed by atoms with Gasteiger partial charge in [0, 0.05) is 17.7 Å². The quantitative estimate of drug-likeness (QED) is 0.697. The van der Waals surface area contributed by atoms with E-state index in [2.05, 4.69) is 4.74 Å². The van der Waals surface area contributed by atoms with Gasteiger partial charge < -0.3 is 21.3 Å². The minimum Gasteiger partial charge on any atom is -0.494 e. The first-order chi connectivity index (χ1) is 7.51. The van der Waals surface area contributed by atoms with Crippen molar-refractivity contribution in [2.24, 2.45) is 11.5 Å². The summed E-state index contributed by atoms with van der Waals surface area (Å²) in [7, 11) is 1.23. The van der Waals surface area contributed by atoms with Crippen molar-refractivity contribution in [3.05, 3.63) is 29.3 Å². The summed E-state index contributed by atoms with van der Waals surface area (Å²) < 4.78 is 31.4. The van der Waals surface area contributed by atoms with Crippen LogP contribution in [0, 0.1) is 11.6 Å². The van der Waals surface area contributed by atoms with Crippen molar-refractivity contribution in [1.29, 1.82) is 0 Å². The van der Waals surface area contributed by atoms with Crippen molar-refractivity contribution in [2.75, 3.05) is 13.7 Å². The molecule has 2 atom stereocenters. The second-order valence-electron chi connectivity index (χ2n) is 3.38. The molecule has 0 radical (unpaired) electrons. The summed E-state index contributed by atoms with van der Waals surface area (Å²) in [6.07, 6.45) is 0. The highest BCUT2D eigenvalue weighted by atomic mass is 19.1. The van der Waals surface area contributed by atoms with Gasteiger partial charge in [-0.2, -0.15) is 0 Å². The van der Waals surface area contributed by atoms with Crippen LogP contribution in [0.1, 0.15) is 11.6 Å². The number of benzene rings is 1. The lowest BCUT2D eigenvalue weighted by Gasteiger charge is -2.19. The molecule has 0 aliphatic carbocycles. The van der Waals surface area contributed by atoms with Crippen LogP contribution in [0.4, 0.5) is 8.78 Å². The molecule has 0 amide bonds. The third-order valence-corrected chi connectivity index (χ3v) is 2.30. The monoisotopic (exact) mass is 232 g/mol. The molecule has 1 rings (SSSR count). The Morgan fingerprint density at radius 3 is 2.44 bits per heavy atom. The highest BCUT2D eigenvalue weighted by molar-refractivity contribution is 5.33. The highest BCUT2D eigenvalue weighted by Crippen LogP contribution is 2.25. The topological polar surface area (TPSA) is 81.5 Å². The predicted octanol–water partition coefficient (Wildman–Crippen LogP) is 0.293.